The van der Waals surface area contributed by atoms with E-state index >= 15 is 0 Å². The zero-order chi connectivity index (χ0) is 15.7. The predicted octanol–water partition coefficient (Wildman–Crippen LogP) is 0.866. The average Bonchev–Trinajstić information content (AvgIpc) is 2.45. The Kier molecular flexibility index (Phi) is 3.58. The van der Waals surface area contributed by atoms with Crippen LogP contribution in [0.5, 0.6) is 0 Å². The van der Waals surface area contributed by atoms with E-state index in [1.165, 1.54) is 31.3 Å². The van der Waals surface area contributed by atoms with Gasteiger partial charge in [0, 0.05) is 7.05 Å². The van der Waals surface area contributed by atoms with E-state index in [0.717, 1.165) is 4.90 Å². The number of carboxylic acids is 1. The van der Waals surface area contributed by atoms with E-state index in [9.17, 15) is 19.2 Å². The second-order valence-corrected chi connectivity index (χ2v) is 4.51. The molecule has 7 nitrogen and oxygen atoms in total. The van der Waals surface area contributed by atoms with Crippen LogP contribution in [-0.4, -0.2) is 40.9 Å². The van der Waals surface area contributed by atoms with Gasteiger partial charge in [-0.2, -0.15) is 0 Å². The molecule has 7 heteroatoms. The molecule has 0 unspecified atom stereocenters. The molecule has 0 bridgehead atoms. The zero-order valence-electron chi connectivity index (χ0n) is 11.3. The first-order chi connectivity index (χ1) is 9.82. The van der Waals surface area contributed by atoms with Crippen LogP contribution in [0.3, 0.4) is 0 Å². The normalized spacial score (nSPS) is 17.6. The summed E-state index contributed by atoms with van der Waals surface area (Å²) in [5, 5.41) is 10.9. The monoisotopic (exact) mass is 288 g/mol. The number of likely N-dealkylation sites (N-methyl/N-ethyl adjacent to an activating group) is 1. The number of carbonyl (C=O) groups excluding carboxylic acids is 3. The molecular formula is C14H12N2O5. The van der Waals surface area contributed by atoms with Crippen molar-refractivity contribution in [3.8, 4) is 0 Å². The topological polar surface area (TPSA) is 104 Å². The molecular weight excluding hydrogens is 276 g/mol. The van der Waals surface area contributed by atoms with Gasteiger partial charge in [-0.3, -0.25) is 19.8 Å². The lowest BCUT2D eigenvalue weighted by molar-refractivity contribution is -0.129. The summed E-state index contributed by atoms with van der Waals surface area (Å²) in [6.07, 6.45) is 0. The van der Waals surface area contributed by atoms with E-state index in [0.29, 0.717) is 11.1 Å². The van der Waals surface area contributed by atoms with Crippen molar-refractivity contribution in [3.63, 3.8) is 0 Å². The smallest absolute Gasteiger partial charge is 0.335 e. The molecule has 1 saturated heterocycles. The average molecular weight is 288 g/mol. The molecule has 1 heterocycles. The van der Waals surface area contributed by atoms with E-state index in [2.05, 4.69) is 5.32 Å². The summed E-state index contributed by atoms with van der Waals surface area (Å²) in [7, 11) is 1.27. The number of barbiturate groups is 1. The van der Waals surface area contributed by atoms with Crippen molar-refractivity contribution in [3.05, 3.63) is 41.0 Å². The van der Waals surface area contributed by atoms with Crippen molar-refractivity contribution in [1.29, 1.82) is 0 Å². The van der Waals surface area contributed by atoms with Crippen LogP contribution < -0.4 is 5.32 Å². The van der Waals surface area contributed by atoms with Crippen LogP contribution in [0.15, 0.2) is 29.8 Å². The second-order valence-electron chi connectivity index (χ2n) is 4.51. The Morgan fingerprint density at radius 1 is 1.10 bits per heavy atom. The summed E-state index contributed by atoms with van der Waals surface area (Å²) in [6, 6.07) is 4.98. The van der Waals surface area contributed by atoms with Gasteiger partial charge in [-0.25, -0.2) is 9.59 Å². The number of allylic oxidation sites excluding steroid dienone is 1. The predicted molar refractivity (Wildman–Crippen MR) is 72.3 cm³/mol. The Labute approximate surface area is 119 Å². The lowest BCUT2D eigenvalue weighted by Crippen LogP contribution is -2.52. The van der Waals surface area contributed by atoms with Gasteiger partial charge in [0.2, 0.25) is 0 Å². The fraction of sp³-hybridized carbons (Fsp3) is 0.143. The molecule has 0 radical (unpaired) electrons. The third kappa shape index (κ3) is 2.53. The molecule has 0 saturated carbocycles. The van der Waals surface area contributed by atoms with Gasteiger partial charge in [-0.05, 0) is 30.2 Å². The molecule has 4 amide bonds. The van der Waals surface area contributed by atoms with Gasteiger partial charge in [-0.15, -0.1) is 0 Å². The van der Waals surface area contributed by atoms with Crippen molar-refractivity contribution < 1.29 is 24.3 Å². The Hall–Kier alpha value is -2.96. The first-order valence-electron chi connectivity index (χ1n) is 6.01. The van der Waals surface area contributed by atoms with Crippen LogP contribution in [0.2, 0.25) is 0 Å². The molecule has 2 rings (SSSR count). The van der Waals surface area contributed by atoms with Crippen molar-refractivity contribution in [1.82, 2.24) is 10.2 Å². The van der Waals surface area contributed by atoms with Crippen LogP contribution >= 0.6 is 0 Å². The molecule has 0 aliphatic carbocycles. The van der Waals surface area contributed by atoms with Crippen LogP contribution in [-0.2, 0) is 9.59 Å². The summed E-state index contributed by atoms with van der Waals surface area (Å²) in [6.45, 7) is 1.56. The highest BCUT2D eigenvalue weighted by atomic mass is 16.4. The Balaban J connectivity index is 2.46. The molecule has 108 valence electrons. The zero-order valence-corrected chi connectivity index (χ0v) is 11.3. The number of nitrogens with zero attached hydrogens (tertiary/aromatic N) is 1. The highest BCUT2D eigenvalue weighted by Gasteiger charge is 2.34. The summed E-state index contributed by atoms with van der Waals surface area (Å²) in [5.74, 6) is -2.52. The number of amides is 4. The number of aromatic carboxylic acids is 1. The minimum Gasteiger partial charge on any atom is -0.478 e. The maximum Gasteiger partial charge on any atom is 0.335 e. The lowest BCUT2D eigenvalue weighted by Gasteiger charge is -2.23. The number of urea groups is 1. The van der Waals surface area contributed by atoms with E-state index < -0.39 is 23.8 Å². The molecule has 2 N–H and O–H groups in total. The third-order valence-electron chi connectivity index (χ3n) is 3.21. The number of carboxylic acid groups (broad SMARTS) is 1. The highest BCUT2D eigenvalue weighted by molar-refractivity contribution is 6.32. The lowest BCUT2D eigenvalue weighted by atomic mass is 9.98. The minimum atomic E-state index is -1.07. The van der Waals surface area contributed by atoms with Gasteiger partial charge < -0.3 is 5.11 Å². The fourth-order valence-electron chi connectivity index (χ4n) is 1.94. The van der Waals surface area contributed by atoms with E-state index in [-0.39, 0.29) is 11.1 Å². The van der Waals surface area contributed by atoms with Gasteiger partial charge >= 0.3 is 12.0 Å². The molecule has 1 aromatic rings. The van der Waals surface area contributed by atoms with Crippen molar-refractivity contribution in [2.24, 2.45) is 0 Å². The van der Waals surface area contributed by atoms with E-state index in [1.807, 2.05) is 0 Å². The first-order valence-corrected chi connectivity index (χ1v) is 6.01. The summed E-state index contributed by atoms with van der Waals surface area (Å²) in [5.41, 5.74) is 0.860. The summed E-state index contributed by atoms with van der Waals surface area (Å²) >= 11 is 0. The molecule has 0 spiro atoms. The number of nitrogens with one attached hydrogen (secondary N) is 1. The first kappa shape index (κ1) is 14.4. The largest absolute Gasteiger partial charge is 0.478 e. The minimum absolute atomic E-state index is 0.100. The second kappa shape index (κ2) is 5.20. The number of benzene rings is 1. The quantitative estimate of drug-likeness (QED) is 0.620. The summed E-state index contributed by atoms with van der Waals surface area (Å²) < 4.78 is 0. The van der Waals surface area contributed by atoms with Crippen molar-refractivity contribution in [2.75, 3.05) is 7.05 Å². The molecule has 1 aliphatic rings. The van der Waals surface area contributed by atoms with Crippen LogP contribution in [0, 0.1) is 0 Å². The summed E-state index contributed by atoms with van der Waals surface area (Å²) in [4.78, 5) is 46.8. The number of carbonyl (C=O) groups is 4. The van der Waals surface area contributed by atoms with Gasteiger partial charge in [-0.1, -0.05) is 12.1 Å². The number of rotatable bonds is 2. The maximum atomic E-state index is 12.0. The molecule has 21 heavy (non-hydrogen) atoms. The standard InChI is InChI=1S/C14H12N2O5/c1-7(8-3-5-9(6-4-8)13(19)20)10-11(17)15-14(21)16(2)12(10)18/h3-6H,1-2H3,(H,19,20)(H,15,17,21). The Bertz CT molecular complexity index is 688. The van der Waals surface area contributed by atoms with Gasteiger partial charge in [0.1, 0.15) is 5.57 Å². The van der Waals surface area contributed by atoms with Gasteiger partial charge in [0.05, 0.1) is 5.56 Å². The maximum absolute atomic E-state index is 12.0. The van der Waals surface area contributed by atoms with Crippen LogP contribution in [0.4, 0.5) is 4.79 Å². The Morgan fingerprint density at radius 2 is 1.62 bits per heavy atom. The van der Waals surface area contributed by atoms with Gasteiger partial charge in [0.25, 0.3) is 11.8 Å². The van der Waals surface area contributed by atoms with Crippen LogP contribution in [0.1, 0.15) is 22.8 Å². The number of imide groups is 2. The molecule has 0 aromatic heterocycles. The molecule has 1 fully saturated rings. The van der Waals surface area contributed by atoms with Crippen molar-refractivity contribution >= 4 is 29.4 Å². The Morgan fingerprint density at radius 3 is 2.14 bits per heavy atom. The van der Waals surface area contributed by atoms with Crippen LogP contribution in [0.25, 0.3) is 5.57 Å². The van der Waals surface area contributed by atoms with Crippen molar-refractivity contribution in [2.45, 2.75) is 6.92 Å². The molecule has 1 aliphatic heterocycles. The van der Waals surface area contributed by atoms with E-state index in [1.54, 1.807) is 6.92 Å². The highest BCUT2D eigenvalue weighted by Crippen LogP contribution is 2.22. The SMILES string of the molecule is CC(=C1C(=O)NC(=O)N(C)C1=O)c1ccc(C(=O)O)cc1. The third-order valence-corrected chi connectivity index (χ3v) is 3.21. The fourth-order valence-corrected chi connectivity index (χ4v) is 1.94. The molecule has 0 atom stereocenters. The number of hydrogen-bond acceptors (Lipinski definition) is 4. The van der Waals surface area contributed by atoms with E-state index in [4.69, 9.17) is 5.11 Å². The molecule has 1 aromatic carbocycles. The number of hydrogen-bond donors (Lipinski definition) is 2. The van der Waals surface area contributed by atoms with Gasteiger partial charge in [0.15, 0.2) is 0 Å².